The molecule has 1 fully saturated rings. The number of rotatable bonds is 4. The molecule has 0 unspecified atom stereocenters. The summed E-state index contributed by atoms with van der Waals surface area (Å²) in [6.07, 6.45) is -2.50. The predicted octanol–water partition coefficient (Wildman–Crippen LogP) is 2.18. The maximum absolute atomic E-state index is 12.6. The molecule has 1 aromatic rings. The van der Waals surface area contributed by atoms with Crippen molar-refractivity contribution in [2.75, 3.05) is 19.7 Å². The van der Waals surface area contributed by atoms with Crippen molar-refractivity contribution in [2.45, 2.75) is 19.0 Å². The minimum absolute atomic E-state index is 0.0982. The lowest BCUT2D eigenvalue weighted by Crippen LogP contribution is -2.33. The van der Waals surface area contributed by atoms with E-state index in [2.05, 4.69) is 5.32 Å². The summed E-state index contributed by atoms with van der Waals surface area (Å²) in [6.45, 7) is 2.11. The van der Waals surface area contributed by atoms with Gasteiger partial charge >= 0.3 is 6.18 Å². The van der Waals surface area contributed by atoms with Gasteiger partial charge in [-0.25, -0.2) is 0 Å². The van der Waals surface area contributed by atoms with Crippen molar-refractivity contribution in [3.05, 3.63) is 29.3 Å². The van der Waals surface area contributed by atoms with Gasteiger partial charge in [0.1, 0.15) is 5.75 Å². The molecule has 0 saturated carbocycles. The van der Waals surface area contributed by atoms with Crippen molar-refractivity contribution in [3.63, 3.8) is 0 Å². The van der Waals surface area contributed by atoms with E-state index < -0.39 is 17.6 Å². The Morgan fingerprint density at radius 3 is 2.76 bits per heavy atom. The van der Waals surface area contributed by atoms with E-state index in [1.165, 1.54) is 0 Å². The van der Waals surface area contributed by atoms with Crippen molar-refractivity contribution in [3.8, 4) is 5.75 Å². The molecule has 7 heteroatoms. The maximum atomic E-state index is 12.6. The first-order valence-electron chi connectivity index (χ1n) is 6.72. The molecule has 4 nitrogen and oxygen atoms in total. The number of nitrogens with one attached hydrogen (secondary N) is 1. The number of carbonyl (C=O) groups excluding carboxylic acids is 1. The Balaban J connectivity index is 2.12. The van der Waals surface area contributed by atoms with Gasteiger partial charge in [-0.15, -0.1) is 0 Å². The van der Waals surface area contributed by atoms with Crippen molar-refractivity contribution >= 4 is 5.91 Å². The summed E-state index contributed by atoms with van der Waals surface area (Å²) in [6, 6.07) is 2.77. The van der Waals surface area contributed by atoms with Gasteiger partial charge in [-0.3, -0.25) is 4.79 Å². The summed E-state index contributed by atoms with van der Waals surface area (Å²) in [7, 11) is 0. The molecular formula is C14H17F3N2O2. The number of hydrogen-bond acceptors (Lipinski definition) is 3. The van der Waals surface area contributed by atoms with E-state index in [1.807, 2.05) is 0 Å². The number of primary amides is 1. The Kier molecular flexibility index (Phi) is 4.72. The molecule has 1 amide bonds. The van der Waals surface area contributed by atoms with Gasteiger partial charge < -0.3 is 15.8 Å². The number of halogens is 3. The van der Waals surface area contributed by atoms with E-state index in [0.717, 1.165) is 44.1 Å². The van der Waals surface area contributed by atoms with E-state index in [1.54, 1.807) is 0 Å². The summed E-state index contributed by atoms with van der Waals surface area (Å²) >= 11 is 0. The van der Waals surface area contributed by atoms with Crippen LogP contribution in [0.2, 0.25) is 0 Å². The molecule has 1 atom stereocenters. The van der Waals surface area contributed by atoms with Crippen LogP contribution >= 0.6 is 0 Å². The van der Waals surface area contributed by atoms with Gasteiger partial charge in [-0.1, -0.05) is 0 Å². The van der Waals surface area contributed by atoms with E-state index in [-0.39, 0.29) is 17.2 Å². The van der Waals surface area contributed by atoms with Crippen LogP contribution in [-0.2, 0) is 6.18 Å². The van der Waals surface area contributed by atoms with Gasteiger partial charge in [0.05, 0.1) is 17.7 Å². The highest BCUT2D eigenvalue weighted by molar-refractivity contribution is 5.95. The highest BCUT2D eigenvalue weighted by Crippen LogP contribution is 2.32. The number of hydrogen-bond donors (Lipinski definition) is 2. The summed E-state index contributed by atoms with van der Waals surface area (Å²) in [5, 5.41) is 3.22. The number of amides is 1. The molecule has 1 aliphatic rings. The van der Waals surface area contributed by atoms with Gasteiger partial charge in [0, 0.05) is 12.5 Å². The topological polar surface area (TPSA) is 64.4 Å². The lowest BCUT2D eigenvalue weighted by atomic mass is 10.0. The number of piperidine rings is 1. The SMILES string of the molecule is NC(=O)c1cc(C(F)(F)F)ccc1OC[C@@H]1CCCNC1. The van der Waals surface area contributed by atoms with Crippen LogP contribution < -0.4 is 15.8 Å². The van der Waals surface area contributed by atoms with Gasteiger partial charge in [0.25, 0.3) is 5.91 Å². The lowest BCUT2D eigenvalue weighted by Gasteiger charge is -2.23. The highest BCUT2D eigenvalue weighted by atomic mass is 19.4. The summed E-state index contributed by atoms with van der Waals surface area (Å²) in [5.74, 6) is -0.555. The molecule has 1 aromatic carbocycles. The van der Waals surface area contributed by atoms with Crippen LogP contribution in [0, 0.1) is 5.92 Å². The smallest absolute Gasteiger partial charge is 0.416 e. The first-order chi connectivity index (χ1) is 9.88. The lowest BCUT2D eigenvalue weighted by molar-refractivity contribution is -0.137. The third kappa shape index (κ3) is 4.10. The number of ether oxygens (including phenoxy) is 1. The maximum Gasteiger partial charge on any atom is 0.416 e. The quantitative estimate of drug-likeness (QED) is 0.896. The molecule has 0 bridgehead atoms. The Hall–Kier alpha value is -1.76. The molecule has 0 spiro atoms. The molecule has 1 saturated heterocycles. The monoisotopic (exact) mass is 302 g/mol. The Morgan fingerprint density at radius 1 is 1.43 bits per heavy atom. The molecule has 3 N–H and O–H groups in total. The average molecular weight is 302 g/mol. The van der Waals surface area contributed by atoms with Gasteiger partial charge in [0.15, 0.2) is 0 Å². The van der Waals surface area contributed by atoms with Crippen LogP contribution in [0.3, 0.4) is 0 Å². The predicted molar refractivity (Wildman–Crippen MR) is 71.1 cm³/mol. The molecule has 21 heavy (non-hydrogen) atoms. The molecular weight excluding hydrogens is 285 g/mol. The Morgan fingerprint density at radius 2 is 2.19 bits per heavy atom. The van der Waals surface area contributed by atoms with E-state index >= 15 is 0 Å². The van der Waals surface area contributed by atoms with Crippen molar-refractivity contribution in [1.82, 2.24) is 5.32 Å². The number of nitrogens with two attached hydrogens (primary N) is 1. The van der Waals surface area contributed by atoms with E-state index in [9.17, 15) is 18.0 Å². The van der Waals surface area contributed by atoms with E-state index in [0.29, 0.717) is 6.61 Å². The van der Waals surface area contributed by atoms with Crippen molar-refractivity contribution < 1.29 is 22.7 Å². The van der Waals surface area contributed by atoms with Crippen LogP contribution in [0.5, 0.6) is 5.75 Å². The van der Waals surface area contributed by atoms with Crippen LogP contribution in [0.15, 0.2) is 18.2 Å². The Labute approximate surface area is 120 Å². The second-order valence-electron chi connectivity index (χ2n) is 5.10. The number of alkyl halides is 3. The third-order valence-electron chi connectivity index (χ3n) is 3.45. The fraction of sp³-hybridized carbons (Fsp3) is 0.500. The van der Waals surface area contributed by atoms with Crippen molar-refractivity contribution in [2.24, 2.45) is 11.7 Å². The zero-order valence-electron chi connectivity index (χ0n) is 11.4. The van der Waals surface area contributed by atoms with Crippen LogP contribution in [-0.4, -0.2) is 25.6 Å². The second-order valence-corrected chi connectivity index (χ2v) is 5.10. The molecule has 2 rings (SSSR count). The molecule has 0 aromatic heterocycles. The van der Waals surface area contributed by atoms with Crippen LogP contribution in [0.1, 0.15) is 28.8 Å². The van der Waals surface area contributed by atoms with Crippen LogP contribution in [0.25, 0.3) is 0 Å². The largest absolute Gasteiger partial charge is 0.492 e. The molecule has 0 aliphatic carbocycles. The first kappa shape index (κ1) is 15.6. The fourth-order valence-corrected chi connectivity index (χ4v) is 2.30. The van der Waals surface area contributed by atoms with Gasteiger partial charge in [-0.2, -0.15) is 13.2 Å². The molecule has 1 heterocycles. The average Bonchev–Trinajstić information content (AvgIpc) is 2.45. The number of carbonyl (C=O) groups is 1. The highest BCUT2D eigenvalue weighted by Gasteiger charge is 2.31. The second kappa shape index (κ2) is 6.34. The van der Waals surface area contributed by atoms with Crippen molar-refractivity contribution in [1.29, 1.82) is 0 Å². The minimum Gasteiger partial charge on any atom is -0.492 e. The first-order valence-corrected chi connectivity index (χ1v) is 6.72. The zero-order valence-corrected chi connectivity index (χ0v) is 11.4. The molecule has 116 valence electrons. The zero-order chi connectivity index (χ0) is 15.5. The summed E-state index contributed by atoms with van der Waals surface area (Å²) < 4.78 is 43.4. The molecule has 0 radical (unpaired) electrons. The Bertz CT molecular complexity index is 511. The van der Waals surface area contributed by atoms with Crippen LogP contribution in [0.4, 0.5) is 13.2 Å². The normalized spacial score (nSPS) is 19.3. The molecule has 1 aliphatic heterocycles. The minimum atomic E-state index is -4.52. The third-order valence-corrected chi connectivity index (χ3v) is 3.45. The number of benzene rings is 1. The standard InChI is InChI=1S/C14H17F3N2O2/c15-14(16,17)10-3-4-12(11(6-10)13(18)20)21-8-9-2-1-5-19-7-9/h3-4,6,9,19H,1-2,5,7-8H2,(H2,18,20)/t9-/m1/s1. The fourth-order valence-electron chi connectivity index (χ4n) is 2.30. The van der Waals surface area contributed by atoms with E-state index in [4.69, 9.17) is 10.5 Å². The van der Waals surface area contributed by atoms with Gasteiger partial charge in [-0.05, 0) is 37.6 Å². The summed E-state index contributed by atoms with van der Waals surface area (Å²) in [5.41, 5.74) is 3.98. The summed E-state index contributed by atoms with van der Waals surface area (Å²) in [4.78, 5) is 11.3. The van der Waals surface area contributed by atoms with Gasteiger partial charge in [0.2, 0.25) is 0 Å².